The van der Waals surface area contributed by atoms with Crippen LogP contribution in [-0.4, -0.2) is 24.6 Å². The van der Waals surface area contributed by atoms with E-state index in [1.807, 2.05) is 51.1 Å². The fourth-order valence-corrected chi connectivity index (χ4v) is 4.93. The Bertz CT molecular complexity index is 1460. The first-order valence-electron chi connectivity index (χ1n) is 11.1. The van der Waals surface area contributed by atoms with Gasteiger partial charge in [-0.2, -0.15) is 0 Å². The Balaban J connectivity index is 1.75. The Labute approximate surface area is 200 Å². The molecule has 0 bridgehead atoms. The van der Waals surface area contributed by atoms with Crippen LogP contribution in [0.2, 0.25) is 0 Å². The lowest BCUT2D eigenvalue weighted by Gasteiger charge is -2.23. The molecule has 174 valence electrons. The second-order valence-electron chi connectivity index (χ2n) is 8.26. The molecule has 1 amide bonds. The number of thiazole rings is 1. The molecule has 7 nitrogen and oxygen atoms in total. The van der Waals surface area contributed by atoms with Crippen LogP contribution < -0.4 is 19.8 Å². The summed E-state index contributed by atoms with van der Waals surface area (Å²) < 4.78 is 17.4. The van der Waals surface area contributed by atoms with E-state index in [9.17, 15) is 9.59 Å². The number of carbonyl (C=O) groups excluding carboxylic acids is 1. The second-order valence-corrected chi connectivity index (χ2v) is 9.13. The number of carbonyl (C=O) groups is 1. The molecule has 0 N–H and O–H groups in total. The molecule has 2 aromatic carbocycles. The van der Waals surface area contributed by atoms with Gasteiger partial charge in [-0.05, 0) is 61.2 Å². The van der Waals surface area contributed by atoms with Gasteiger partial charge in [0.05, 0.1) is 30.7 Å². The molecule has 1 aliphatic heterocycles. The van der Waals surface area contributed by atoms with Gasteiger partial charge in [0.1, 0.15) is 5.58 Å². The lowest BCUT2D eigenvalue weighted by Crippen LogP contribution is -2.29. The zero-order valence-corrected chi connectivity index (χ0v) is 20.2. The molecule has 34 heavy (non-hydrogen) atoms. The number of aromatic nitrogens is 1. The van der Waals surface area contributed by atoms with Crippen LogP contribution in [0.3, 0.4) is 0 Å². The standard InChI is InChI=1S/C26H24N2O5S/c1-5-9-32-18-7-6-16(13-20(18)31-4)22-21-23(29)17-11-14(2)15(3)12-19(17)33-24(21)25(30)28(22)26-27-8-10-34-26/h6-8,10-13,22H,5,9H2,1-4H3. The first-order chi connectivity index (χ1) is 16.4. The first kappa shape index (κ1) is 22.2. The third kappa shape index (κ3) is 3.45. The summed E-state index contributed by atoms with van der Waals surface area (Å²) in [5.41, 5.74) is 3.17. The lowest BCUT2D eigenvalue weighted by atomic mass is 9.97. The molecule has 8 heteroatoms. The number of amides is 1. The number of benzene rings is 2. The molecule has 1 unspecified atom stereocenters. The molecule has 0 saturated heterocycles. The Morgan fingerprint density at radius 1 is 1.12 bits per heavy atom. The molecular formula is C26H24N2O5S. The van der Waals surface area contributed by atoms with Gasteiger partial charge in [-0.25, -0.2) is 4.98 Å². The highest BCUT2D eigenvalue weighted by molar-refractivity contribution is 7.13. The molecule has 5 rings (SSSR count). The molecule has 0 radical (unpaired) electrons. The van der Waals surface area contributed by atoms with E-state index in [2.05, 4.69) is 4.98 Å². The number of aryl methyl sites for hydroxylation is 2. The van der Waals surface area contributed by atoms with Crippen molar-refractivity contribution in [1.82, 2.24) is 4.98 Å². The molecule has 1 atom stereocenters. The molecule has 4 aromatic rings. The van der Waals surface area contributed by atoms with Crippen LogP contribution in [0, 0.1) is 13.8 Å². The van der Waals surface area contributed by atoms with Gasteiger partial charge < -0.3 is 13.9 Å². The Morgan fingerprint density at radius 3 is 2.62 bits per heavy atom. The summed E-state index contributed by atoms with van der Waals surface area (Å²) >= 11 is 1.33. The van der Waals surface area contributed by atoms with E-state index in [1.54, 1.807) is 18.7 Å². The maximum absolute atomic E-state index is 13.8. The topological polar surface area (TPSA) is 81.9 Å². The van der Waals surface area contributed by atoms with E-state index in [0.29, 0.717) is 45.3 Å². The number of nitrogens with zero attached hydrogens (tertiary/aromatic N) is 2. The highest BCUT2D eigenvalue weighted by atomic mass is 32.1. The third-order valence-electron chi connectivity index (χ3n) is 6.08. The van der Waals surface area contributed by atoms with Crippen molar-refractivity contribution < 1.29 is 18.7 Å². The molecule has 0 fully saturated rings. The van der Waals surface area contributed by atoms with Crippen LogP contribution in [0.5, 0.6) is 11.5 Å². The van der Waals surface area contributed by atoms with Crippen LogP contribution in [0.25, 0.3) is 11.0 Å². The fraction of sp³-hybridized carbons (Fsp3) is 0.269. The predicted molar refractivity (Wildman–Crippen MR) is 132 cm³/mol. The zero-order valence-electron chi connectivity index (χ0n) is 19.4. The van der Waals surface area contributed by atoms with Crippen molar-refractivity contribution in [1.29, 1.82) is 0 Å². The number of ether oxygens (including phenoxy) is 2. The number of anilines is 1. The fourth-order valence-electron chi connectivity index (χ4n) is 4.26. The summed E-state index contributed by atoms with van der Waals surface area (Å²) in [6.45, 7) is 6.48. The van der Waals surface area contributed by atoms with Gasteiger partial charge in [0.2, 0.25) is 5.76 Å². The minimum Gasteiger partial charge on any atom is -0.493 e. The van der Waals surface area contributed by atoms with Crippen LogP contribution in [0.4, 0.5) is 5.13 Å². The van der Waals surface area contributed by atoms with E-state index in [4.69, 9.17) is 13.9 Å². The number of fused-ring (bicyclic) bond motifs is 2. The van der Waals surface area contributed by atoms with Crippen molar-refractivity contribution in [2.45, 2.75) is 33.2 Å². The van der Waals surface area contributed by atoms with Gasteiger partial charge in [-0.15, -0.1) is 11.3 Å². The van der Waals surface area contributed by atoms with Crippen molar-refractivity contribution >= 4 is 33.3 Å². The summed E-state index contributed by atoms with van der Waals surface area (Å²) in [5.74, 6) is 0.793. The van der Waals surface area contributed by atoms with Gasteiger partial charge in [0, 0.05) is 11.6 Å². The maximum atomic E-state index is 13.8. The normalized spacial score (nSPS) is 15.1. The Hall–Kier alpha value is -3.65. The van der Waals surface area contributed by atoms with E-state index in [1.165, 1.54) is 16.2 Å². The average molecular weight is 477 g/mol. The van der Waals surface area contributed by atoms with Gasteiger partial charge in [-0.3, -0.25) is 14.5 Å². The van der Waals surface area contributed by atoms with Crippen molar-refractivity contribution in [3.05, 3.63) is 80.1 Å². The molecule has 0 spiro atoms. The number of rotatable bonds is 6. The van der Waals surface area contributed by atoms with Crippen LogP contribution in [0.1, 0.15) is 52.2 Å². The van der Waals surface area contributed by atoms with Crippen molar-refractivity contribution in [3.63, 3.8) is 0 Å². The summed E-state index contributed by atoms with van der Waals surface area (Å²) in [7, 11) is 1.57. The van der Waals surface area contributed by atoms with E-state index in [0.717, 1.165) is 17.5 Å². The maximum Gasteiger partial charge on any atom is 0.297 e. The zero-order chi connectivity index (χ0) is 24.0. The smallest absolute Gasteiger partial charge is 0.297 e. The van der Waals surface area contributed by atoms with Gasteiger partial charge in [-0.1, -0.05) is 13.0 Å². The Kier molecular flexibility index (Phi) is 5.61. The minimum absolute atomic E-state index is 0.0474. The minimum atomic E-state index is -0.704. The van der Waals surface area contributed by atoms with Crippen molar-refractivity contribution in [2.24, 2.45) is 0 Å². The molecule has 1 aliphatic rings. The summed E-state index contributed by atoms with van der Waals surface area (Å²) in [5, 5.41) is 2.74. The summed E-state index contributed by atoms with van der Waals surface area (Å²) in [4.78, 5) is 33.3. The highest BCUT2D eigenvalue weighted by Crippen LogP contribution is 2.43. The number of hydrogen-bond acceptors (Lipinski definition) is 7. The third-order valence-corrected chi connectivity index (χ3v) is 6.85. The molecule has 2 aromatic heterocycles. The number of methoxy groups -OCH3 is 1. The van der Waals surface area contributed by atoms with Gasteiger partial charge in [0.15, 0.2) is 22.1 Å². The second kappa shape index (κ2) is 8.61. The molecule has 0 saturated carbocycles. The van der Waals surface area contributed by atoms with Crippen LogP contribution >= 0.6 is 11.3 Å². The van der Waals surface area contributed by atoms with Crippen molar-refractivity contribution in [2.75, 3.05) is 18.6 Å². The highest BCUT2D eigenvalue weighted by Gasteiger charge is 2.45. The molecular weight excluding hydrogens is 452 g/mol. The van der Waals surface area contributed by atoms with Gasteiger partial charge in [0.25, 0.3) is 5.91 Å². The van der Waals surface area contributed by atoms with E-state index in [-0.39, 0.29) is 11.2 Å². The lowest BCUT2D eigenvalue weighted by molar-refractivity contribution is 0.0971. The van der Waals surface area contributed by atoms with Crippen LogP contribution in [-0.2, 0) is 0 Å². The average Bonchev–Trinajstić information content (AvgIpc) is 3.46. The summed E-state index contributed by atoms with van der Waals surface area (Å²) in [6.07, 6.45) is 2.49. The first-order valence-corrected chi connectivity index (χ1v) is 11.9. The van der Waals surface area contributed by atoms with E-state index < -0.39 is 11.9 Å². The Morgan fingerprint density at radius 2 is 1.91 bits per heavy atom. The SMILES string of the molecule is CCCOc1ccc(C2c3c(oc4cc(C)c(C)cc4c3=O)C(=O)N2c2nccs2)cc1OC. The molecule has 0 aliphatic carbocycles. The monoisotopic (exact) mass is 476 g/mol. The van der Waals surface area contributed by atoms with Crippen molar-refractivity contribution in [3.8, 4) is 11.5 Å². The van der Waals surface area contributed by atoms with Gasteiger partial charge >= 0.3 is 0 Å². The van der Waals surface area contributed by atoms with Crippen LogP contribution in [0.15, 0.2) is 51.1 Å². The predicted octanol–water partition coefficient (Wildman–Crippen LogP) is 5.41. The summed E-state index contributed by atoms with van der Waals surface area (Å²) in [6, 6.07) is 8.40. The largest absolute Gasteiger partial charge is 0.493 e. The number of hydrogen-bond donors (Lipinski definition) is 0. The van der Waals surface area contributed by atoms with E-state index >= 15 is 0 Å². The quantitative estimate of drug-likeness (QED) is 0.370. The molecule has 3 heterocycles.